The van der Waals surface area contributed by atoms with E-state index < -0.39 is 41.3 Å². The minimum absolute atomic E-state index is 0.0633. The number of nitrogen functional groups attached to an aromatic ring is 1. The van der Waals surface area contributed by atoms with E-state index in [1.807, 2.05) is 0 Å². The van der Waals surface area contributed by atoms with E-state index in [4.69, 9.17) is 14.7 Å². The van der Waals surface area contributed by atoms with E-state index in [1.54, 1.807) is 9.62 Å². The van der Waals surface area contributed by atoms with Crippen molar-refractivity contribution >= 4 is 33.2 Å². The summed E-state index contributed by atoms with van der Waals surface area (Å²) in [5, 5.41) is 20.0. The predicted molar refractivity (Wildman–Crippen MR) is 137 cm³/mol. The van der Waals surface area contributed by atoms with Gasteiger partial charge in [0.05, 0.1) is 44.2 Å². The Hall–Kier alpha value is -3.37. The smallest absolute Gasteiger partial charge is 0.362 e. The maximum atomic E-state index is 12.1. The summed E-state index contributed by atoms with van der Waals surface area (Å²) in [4.78, 5) is 25.8. The van der Waals surface area contributed by atoms with E-state index in [0.29, 0.717) is 11.2 Å². The monoisotopic (exact) mass is 552 g/mol. The van der Waals surface area contributed by atoms with Crippen LogP contribution in [0.15, 0.2) is 36.9 Å². The summed E-state index contributed by atoms with van der Waals surface area (Å²) in [6.07, 6.45) is 0.00213. The highest BCUT2D eigenvalue weighted by Gasteiger charge is 2.37. The molecule has 3 heterocycles. The summed E-state index contributed by atoms with van der Waals surface area (Å²) in [5.74, 6) is -1.26. The van der Waals surface area contributed by atoms with Gasteiger partial charge in [-0.2, -0.15) is 8.42 Å². The Morgan fingerprint density at radius 1 is 1.21 bits per heavy atom. The number of quaternary nitrogens is 1. The minimum atomic E-state index is -4.49. The van der Waals surface area contributed by atoms with Crippen LogP contribution >= 0.6 is 0 Å². The van der Waals surface area contributed by atoms with Gasteiger partial charge in [-0.05, 0) is 32.9 Å². The van der Waals surface area contributed by atoms with Crippen LogP contribution < -0.4 is 15.4 Å². The van der Waals surface area contributed by atoms with Crippen LogP contribution in [0.5, 0.6) is 5.75 Å². The van der Waals surface area contributed by atoms with E-state index in [1.165, 1.54) is 61.1 Å². The van der Waals surface area contributed by atoms with E-state index >= 15 is 0 Å². The van der Waals surface area contributed by atoms with Crippen molar-refractivity contribution < 1.29 is 37.2 Å². The number of ether oxygens (including phenoxy) is 1. The molecule has 1 aliphatic heterocycles. The van der Waals surface area contributed by atoms with Crippen LogP contribution in [0.2, 0.25) is 0 Å². The number of rotatable bonds is 9. The van der Waals surface area contributed by atoms with Crippen LogP contribution in [0.1, 0.15) is 43.8 Å². The molecule has 38 heavy (non-hydrogen) atoms. The molecule has 1 saturated heterocycles. The lowest BCUT2D eigenvalue weighted by molar-refractivity contribution is -0.894. The molecule has 0 radical (unpaired) electrons. The van der Waals surface area contributed by atoms with Gasteiger partial charge >= 0.3 is 10.3 Å². The zero-order valence-electron chi connectivity index (χ0n) is 21.4. The highest BCUT2D eigenvalue weighted by atomic mass is 32.2. The lowest BCUT2D eigenvalue weighted by Crippen LogP contribution is -3.11. The molecule has 1 fully saturated rings. The molecule has 2 aromatic heterocycles. The Morgan fingerprint density at radius 2 is 1.89 bits per heavy atom. The molecule has 0 spiro atoms. The Kier molecular flexibility index (Phi) is 9.93. The molecule has 208 valence electrons. The number of carbonyl (C=O) groups is 1. The fraction of sp³-hybridized carbons (Fsp3) is 0.478. The standard InChI is InChI=1S/C17H18N6O7S.C6H15N/c18-14-13-15(20-7-19-14)23(8-21-13)17-12(25)5-9(30-17)6-29-31(27,28)22-16(26)10-3-1-2-4-11(10)24;1-4-7(5-2)6-3/h1-4,7-9,12,17,24-25H,5-6H2,(H,22,26)(H2,18,19,20);4-6H2,1-3H3/p+1/t9-,12+,17+;/m0./s1. The van der Waals surface area contributed by atoms with Crippen molar-refractivity contribution in [1.29, 1.82) is 0 Å². The average molecular weight is 553 g/mol. The molecule has 14 nitrogen and oxygen atoms in total. The Labute approximate surface area is 220 Å². The number of phenolic OH excluding ortho intramolecular Hbond substituents is 1. The second kappa shape index (κ2) is 12.9. The summed E-state index contributed by atoms with van der Waals surface area (Å²) in [7, 11) is -4.49. The van der Waals surface area contributed by atoms with Gasteiger partial charge in [-0.25, -0.2) is 19.7 Å². The Bertz CT molecular complexity index is 1330. The quantitative estimate of drug-likeness (QED) is 0.227. The zero-order valence-corrected chi connectivity index (χ0v) is 22.3. The van der Waals surface area contributed by atoms with Crippen LogP contribution in [0.3, 0.4) is 0 Å². The second-order valence-electron chi connectivity index (χ2n) is 8.53. The lowest BCUT2D eigenvalue weighted by atomic mass is 10.2. The van der Waals surface area contributed by atoms with Crippen molar-refractivity contribution in [3.05, 3.63) is 42.5 Å². The summed E-state index contributed by atoms with van der Waals surface area (Å²) in [6, 6.07) is 5.45. The molecule has 0 unspecified atom stereocenters. The van der Waals surface area contributed by atoms with Gasteiger partial charge in [0.25, 0.3) is 5.91 Å². The van der Waals surface area contributed by atoms with Crippen molar-refractivity contribution in [3.63, 3.8) is 0 Å². The van der Waals surface area contributed by atoms with Crippen molar-refractivity contribution in [1.82, 2.24) is 24.2 Å². The molecule has 3 aromatic rings. The van der Waals surface area contributed by atoms with Crippen LogP contribution in [0, 0.1) is 0 Å². The van der Waals surface area contributed by atoms with Gasteiger partial charge in [-0.3, -0.25) is 13.5 Å². The number of phenols is 1. The van der Waals surface area contributed by atoms with Crippen LogP contribution in [0.25, 0.3) is 11.2 Å². The third kappa shape index (κ3) is 7.14. The molecule has 6 N–H and O–H groups in total. The number of aromatic nitrogens is 4. The molecule has 3 atom stereocenters. The first-order valence-corrected chi connectivity index (χ1v) is 13.6. The fourth-order valence-electron chi connectivity index (χ4n) is 3.92. The minimum Gasteiger partial charge on any atom is -0.507 e. The summed E-state index contributed by atoms with van der Waals surface area (Å²) >= 11 is 0. The first-order chi connectivity index (χ1) is 18.1. The third-order valence-electron chi connectivity index (χ3n) is 6.10. The first-order valence-electron chi connectivity index (χ1n) is 12.2. The number of benzene rings is 1. The average Bonchev–Trinajstić information content (AvgIpc) is 3.48. The molecule has 0 aliphatic carbocycles. The van der Waals surface area contributed by atoms with Crippen molar-refractivity contribution in [2.75, 3.05) is 32.0 Å². The predicted octanol–water partition coefficient (Wildman–Crippen LogP) is -0.615. The van der Waals surface area contributed by atoms with Gasteiger partial charge in [0, 0.05) is 6.42 Å². The van der Waals surface area contributed by atoms with Crippen LogP contribution in [-0.2, 0) is 19.2 Å². The van der Waals surface area contributed by atoms with Gasteiger partial charge in [0.15, 0.2) is 17.7 Å². The highest BCUT2D eigenvalue weighted by Crippen LogP contribution is 2.31. The van der Waals surface area contributed by atoms with Gasteiger partial charge in [0.2, 0.25) is 0 Å². The fourth-order valence-corrected chi connectivity index (χ4v) is 4.65. The Morgan fingerprint density at radius 3 is 2.53 bits per heavy atom. The van der Waals surface area contributed by atoms with E-state index in [9.17, 15) is 23.4 Å². The summed E-state index contributed by atoms with van der Waals surface area (Å²) < 4.78 is 37.9. The largest absolute Gasteiger partial charge is 0.507 e. The number of nitrogens with two attached hydrogens (primary N) is 1. The van der Waals surface area contributed by atoms with Gasteiger partial charge in [-0.15, -0.1) is 0 Å². The second-order valence-corrected chi connectivity index (χ2v) is 9.88. The molecule has 1 aromatic carbocycles. The normalized spacial score (nSPS) is 19.3. The lowest BCUT2D eigenvalue weighted by Gasteiger charge is -2.17. The number of nitrogens with zero attached hydrogens (tertiary/aromatic N) is 4. The molecule has 15 heteroatoms. The summed E-state index contributed by atoms with van der Waals surface area (Å²) in [6.45, 7) is 10.0. The maximum absolute atomic E-state index is 12.1. The number of aliphatic hydroxyl groups is 1. The Balaban J connectivity index is 0.000000505. The molecule has 1 aliphatic rings. The number of anilines is 1. The first kappa shape index (κ1) is 29.2. The van der Waals surface area contributed by atoms with E-state index in [2.05, 4.69) is 35.7 Å². The van der Waals surface area contributed by atoms with Crippen LogP contribution in [0.4, 0.5) is 5.82 Å². The number of hydrogen-bond donors (Lipinski definition) is 5. The third-order valence-corrected chi connectivity index (χ3v) is 6.98. The molecule has 4 rings (SSSR count). The van der Waals surface area contributed by atoms with Gasteiger partial charge in [-0.1, -0.05) is 12.1 Å². The number of hydrogen-bond acceptors (Lipinski definition) is 11. The van der Waals surface area contributed by atoms with Gasteiger partial charge in [0.1, 0.15) is 23.7 Å². The van der Waals surface area contributed by atoms with Gasteiger partial charge < -0.3 is 25.6 Å². The highest BCUT2D eigenvalue weighted by molar-refractivity contribution is 7.85. The molecule has 0 bridgehead atoms. The molecule has 1 amide bonds. The number of para-hydroxylation sites is 1. The number of aliphatic hydroxyl groups excluding tert-OH is 1. The maximum Gasteiger partial charge on any atom is 0.362 e. The van der Waals surface area contributed by atoms with Crippen molar-refractivity contribution in [2.24, 2.45) is 0 Å². The SMILES string of the molecule is CC[NH+](CC)CC.Nc1ncnc2c1ncn2[C@@H]1O[C@H](COS(=O)(=O)NC(=O)c2ccccc2O)C[C@H]1O. The van der Waals surface area contributed by atoms with E-state index in [0.717, 1.165) is 0 Å². The van der Waals surface area contributed by atoms with E-state index in [-0.39, 0.29) is 23.6 Å². The number of carbonyl (C=O) groups excluding carboxylic acids is 1. The van der Waals surface area contributed by atoms with Crippen molar-refractivity contribution in [2.45, 2.75) is 45.6 Å². The van der Waals surface area contributed by atoms with Crippen LogP contribution in [-0.4, -0.2) is 82.5 Å². The molecular weight excluding hydrogens is 518 g/mol. The number of aromatic hydroxyl groups is 1. The number of nitrogens with one attached hydrogen (secondary N) is 2. The molecular formula is C23H34N7O7S+. The summed E-state index contributed by atoms with van der Waals surface area (Å²) in [5.41, 5.74) is 6.21. The zero-order chi connectivity index (χ0) is 27.9. The van der Waals surface area contributed by atoms with Crippen molar-refractivity contribution in [3.8, 4) is 5.75 Å². The number of imidazole rings is 1. The topological polar surface area (TPSA) is 196 Å². The number of fused-ring (bicyclic) bond motifs is 1. The number of amides is 1. The molecule has 0 saturated carbocycles.